The van der Waals surface area contributed by atoms with E-state index in [0.29, 0.717) is 0 Å². The van der Waals surface area contributed by atoms with Crippen LogP contribution in [0.5, 0.6) is 0 Å². The van der Waals surface area contributed by atoms with Crippen molar-refractivity contribution >= 4 is 0 Å². The van der Waals surface area contributed by atoms with Gasteiger partial charge in [-0.2, -0.15) is 0 Å². The highest BCUT2D eigenvalue weighted by molar-refractivity contribution is 5.89. The van der Waals surface area contributed by atoms with Crippen molar-refractivity contribution in [2.75, 3.05) is 0 Å². The van der Waals surface area contributed by atoms with Gasteiger partial charge in [-0.3, -0.25) is 0 Å². The Hall–Kier alpha value is 0. The average Bonchev–Trinajstić information content (AvgIpc) is 2.73. The number of rotatable bonds is 0. The molecule has 0 saturated heterocycles. The Morgan fingerprint density at radius 3 is 1.18 bits per heavy atom. The molecule has 0 aromatic carbocycles. The molecule has 0 amide bonds. The van der Waals surface area contributed by atoms with Gasteiger partial charge in [0.05, 0.1) is 0 Å². The third-order valence-corrected chi connectivity index (χ3v) is 21.9. The molecule has 17 saturated carbocycles. The van der Waals surface area contributed by atoms with E-state index in [0.717, 1.165) is 54.1 Å². The van der Waals surface area contributed by atoms with E-state index in [1.807, 2.05) is 0 Å². The van der Waals surface area contributed by atoms with Gasteiger partial charge in [-0.15, -0.1) is 0 Å². The minimum absolute atomic E-state index is 0.956. The maximum atomic E-state index is 3.09. The summed E-state index contributed by atoms with van der Waals surface area (Å²) in [6.45, 7) is 3.09. The maximum absolute atomic E-state index is 3.09. The third kappa shape index (κ3) is 0.266. The van der Waals surface area contributed by atoms with E-state index < -0.39 is 0 Å². The quantitative estimate of drug-likeness (QED) is 0.618. The zero-order valence-corrected chi connectivity index (χ0v) is 16.3. The normalized spacial score (nSPS) is 122. The summed E-state index contributed by atoms with van der Waals surface area (Å²) in [4.78, 5) is 0. The Morgan fingerprint density at radius 1 is 0.393 bits per heavy atom. The topological polar surface area (TPSA) is 0 Å². The molecule has 0 aromatic heterocycles. The van der Waals surface area contributed by atoms with Crippen LogP contribution in [0.3, 0.4) is 0 Å². The lowest BCUT2D eigenvalue weighted by Crippen LogP contribution is -3.37. The molecule has 0 heteroatoms. The van der Waals surface area contributed by atoms with E-state index in [4.69, 9.17) is 0 Å². The number of hydrogen-bond donors (Lipinski definition) is 0. The van der Waals surface area contributed by atoms with E-state index in [-0.39, 0.29) is 0 Å². The molecule has 17 rings (SSSR count). The summed E-state index contributed by atoms with van der Waals surface area (Å²) in [5.41, 5.74) is 10.5. The second kappa shape index (κ2) is 1.72. The predicted molar refractivity (Wildman–Crippen MR) is 93.8 cm³/mol. The first kappa shape index (κ1) is 10.5. The molecule has 0 aromatic rings. The smallest absolute Gasteiger partial charge is 0.00541 e. The van der Waals surface area contributed by atoms with Crippen LogP contribution in [0.25, 0.3) is 0 Å². The van der Waals surface area contributed by atoms with Gasteiger partial charge in [0.15, 0.2) is 0 Å². The summed E-state index contributed by atoms with van der Waals surface area (Å²) in [6, 6.07) is 0. The molecule has 17 aliphatic rings. The van der Waals surface area contributed by atoms with Crippen LogP contribution in [0.2, 0.25) is 0 Å². The average molecular weight is 361 g/mol. The first-order valence-corrected chi connectivity index (χ1v) is 13.8. The predicted octanol–water partition coefficient (Wildman–Crippen LogP) is 3.67. The molecule has 17 fully saturated rings. The van der Waals surface area contributed by atoms with E-state index in [1.54, 1.807) is 25.7 Å². The molecular formula is C28H24. The van der Waals surface area contributed by atoms with Crippen molar-refractivity contribution in [3.8, 4) is 0 Å². The summed E-state index contributed by atoms with van der Waals surface area (Å²) in [5.74, 6) is 17.2. The van der Waals surface area contributed by atoms with Crippen LogP contribution in [0, 0.1) is 131 Å². The second-order valence-corrected chi connectivity index (χ2v) is 17.1. The van der Waals surface area contributed by atoms with Gasteiger partial charge >= 0.3 is 0 Å². The highest BCUT2D eigenvalue weighted by Crippen LogP contribution is 3.46. The van der Waals surface area contributed by atoms with Crippen LogP contribution in [-0.4, -0.2) is 0 Å². The zero-order valence-electron chi connectivity index (χ0n) is 16.3. The maximum Gasteiger partial charge on any atom is -0.00541 e. The highest BCUT2D eigenvalue weighted by atomic mass is 15.5. The van der Waals surface area contributed by atoms with Crippen LogP contribution >= 0.6 is 0 Å². The van der Waals surface area contributed by atoms with Gasteiger partial charge in [0.1, 0.15) is 0 Å². The van der Waals surface area contributed by atoms with Gasteiger partial charge in [0, 0.05) is 0 Å². The van der Waals surface area contributed by atoms with Crippen molar-refractivity contribution in [2.24, 2.45) is 131 Å². The van der Waals surface area contributed by atoms with Crippen LogP contribution in [-0.2, 0) is 0 Å². The van der Waals surface area contributed by atoms with E-state index in [9.17, 15) is 0 Å². The molecule has 0 radical (unpaired) electrons. The van der Waals surface area contributed by atoms with Gasteiger partial charge < -0.3 is 0 Å². The van der Waals surface area contributed by atoms with Crippen molar-refractivity contribution in [1.82, 2.24) is 0 Å². The lowest BCUT2D eigenvalue weighted by atomic mass is 8.64. The summed E-state index contributed by atoms with van der Waals surface area (Å²) in [5, 5.41) is 0. The van der Waals surface area contributed by atoms with Crippen LogP contribution in [0.15, 0.2) is 0 Å². The van der Waals surface area contributed by atoms with Crippen molar-refractivity contribution in [2.45, 2.75) is 32.6 Å². The third-order valence-electron chi connectivity index (χ3n) is 21.9. The standard InChI is InChI=1S/C28H24/c1-19-24-14-10-2-6-8-4-12-16-18-17-13-5-9-7-3-11-15(14)25(19)21(7,11)23(9,13)28(17,25)26(18,19)27(16,24)22(8,12)20(6,10)24/h6-18H,2-5H2,1H3. The minimum Gasteiger partial charge on any atom is -0.0579 e. The Bertz CT molecular complexity index is 1280. The molecule has 0 N–H and O–H groups in total. The van der Waals surface area contributed by atoms with Crippen molar-refractivity contribution < 1.29 is 0 Å². The van der Waals surface area contributed by atoms with E-state index in [2.05, 4.69) is 6.92 Å². The fourth-order valence-electron chi connectivity index (χ4n) is 26.2. The van der Waals surface area contributed by atoms with Crippen molar-refractivity contribution in [3.63, 3.8) is 0 Å². The molecule has 136 valence electrons. The molecule has 28 heavy (non-hydrogen) atoms. The number of hydrogen-bond acceptors (Lipinski definition) is 0. The van der Waals surface area contributed by atoms with Gasteiger partial charge in [-0.05, 0) is 157 Å². The molecule has 0 heterocycles. The van der Waals surface area contributed by atoms with Crippen LogP contribution < -0.4 is 0 Å². The van der Waals surface area contributed by atoms with Crippen LogP contribution in [0.4, 0.5) is 0 Å². The first-order chi connectivity index (χ1) is 13.8. The molecular weight excluding hydrogens is 336 g/mol. The number of fused-ring (bicyclic) bond motifs is 9. The molecule has 20 unspecified atom stereocenters. The van der Waals surface area contributed by atoms with Crippen molar-refractivity contribution in [3.05, 3.63) is 0 Å². The lowest BCUT2D eigenvalue weighted by Gasteiger charge is -3.39. The highest BCUT2D eigenvalue weighted by Gasteiger charge is 3.44. The summed E-state index contributed by atoms with van der Waals surface area (Å²) >= 11 is 0. The Morgan fingerprint density at radius 2 is 0.750 bits per heavy atom. The Balaban J connectivity index is 1.18. The fraction of sp³-hybridized carbons (Fsp3) is 1.00. The summed E-state index contributed by atoms with van der Waals surface area (Å²) in [6.07, 6.45) is 7.05. The van der Waals surface area contributed by atoms with Crippen LogP contribution in [0.1, 0.15) is 32.6 Å². The summed E-state index contributed by atoms with van der Waals surface area (Å²) in [7, 11) is 0. The van der Waals surface area contributed by atoms with Gasteiger partial charge in [-0.25, -0.2) is 0 Å². The first-order valence-electron chi connectivity index (χ1n) is 13.8. The minimum atomic E-state index is 0.956. The SMILES string of the molecule is CC12C34C5C6CC7C8CC9C%10C%11C%12C%13CC%14C%15CC%16C5C15C%15%16C%14%13C%125C%112C%103C89C764. The van der Waals surface area contributed by atoms with E-state index in [1.165, 1.54) is 76.9 Å². The summed E-state index contributed by atoms with van der Waals surface area (Å²) < 4.78 is 0. The molecule has 0 aliphatic heterocycles. The molecule has 9 spiro atoms. The molecule has 20 atom stereocenters. The largest absolute Gasteiger partial charge is 0.0579 e. The monoisotopic (exact) mass is 360 g/mol. The van der Waals surface area contributed by atoms with Crippen molar-refractivity contribution in [1.29, 1.82) is 0 Å². The molecule has 0 nitrogen and oxygen atoms in total. The Labute approximate surface area is 163 Å². The van der Waals surface area contributed by atoms with Gasteiger partial charge in [-0.1, -0.05) is 6.92 Å². The second-order valence-electron chi connectivity index (χ2n) is 17.1. The van der Waals surface area contributed by atoms with E-state index >= 15 is 0 Å². The lowest BCUT2D eigenvalue weighted by molar-refractivity contribution is -0.939. The Kier molecular flexibility index (Phi) is 0.648. The molecule has 17 aliphatic carbocycles. The fourth-order valence-corrected chi connectivity index (χ4v) is 26.2. The zero-order chi connectivity index (χ0) is 16.3. The van der Waals surface area contributed by atoms with Gasteiger partial charge in [0.25, 0.3) is 0 Å². The van der Waals surface area contributed by atoms with Gasteiger partial charge in [0.2, 0.25) is 0 Å². The molecule has 0 bridgehead atoms.